The van der Waals surface area contributed by atoms with Gasteiger partial charge in [-0.2, -0.15) is 12.6 Å². The molecule has 0 radical (unpaired) electrons. The van der Waals surface area contributed by atoms with Crippen LogP contribution >= 0.6 is 12.6 Å². The Hall–Kier alpha value is -0.430. The average molecular weight is 166 g/mol. The fourth-order valence-electron chi connectivity index (χ4n) is 1.13. The number of hydrogen-bond acceptors (Lipinski definition) is 1. The van der Waals surface area contributed by atoms with E-state index in [9.17, 15) is 0 Å². The van der Waals surface area contributed by atoms with Crippen molar-refractivity contribution in [2.45, 2.75) is 19.8 Å². The van der Waals surface area contributed by atoms with E-state index < -0.39 is 0 Å². The summed E-state index contributed by atoms with van der Waals surface area (Å²) in [7, 11) is 0. The predicted octanol–water partition coefficient (Wildman–Crippen LogP) is 2.72. The second-order valence-corrected chi connectivity index (χ2v) is 3.09. The first-order valence-electron chi connectivity index (χ1n) is 4.05. The molecule has 0 N–H and O–H groups in total. The first-order chi connectivity index (χ1) is 5.36. The zero-order valence-electron chi connectivity index (χ0n) is 6.88. The SMILES string of the molecule is CCc1cccc(CCS)c1. The van der Waals surface area contributed by atoms with Gasteiger partial charge in [-0.3, -0.25) is 0 Å². The molecule has 0 spiro atoms. The Balaban J connectivity index is 2.74. The summed E-state index contributed by atoms with van der Waals surface area (Å²) in [5.41, 5.74) is 2.82. The zero-order chi connectivity index (χ0) is 8.10. The van der Waals surface area contributed by atoms with Crippen molar-refractivity contribution >= 4 is 12.6 Å². The van der Waals surface area contributed by atoms with Gasteiger partial charge in [0.15, 0.2) is 0 Å². The lowest BCUT2D eigenvalue weighted by Crippen LogP contribution is -1.87. The highest BCUT2D eigenvalue weighted by atomic mass is 32.1. The van der Waals surface area contributed by atoms with Crippen molar-refractivity contribution in [2.75, 3.05) is 5.75 Å². The molecule has 1 aromatic rings. The van der Waals surface area contributed by atoms with Gasteiger partial charge < -0.3 is 0 Å². The summed E-state index contributed by atoms with van der Waals surface area (Å²) in [4.78, 5) is 0. The minimum atomic E-state index is 0.938. The quantitative estimate of drug-likeness (QED) is 0.656. The number of hydrogen-bond donors (Lipinski definition) is 1. The molecule has 0 fully saturated rings. The Bertz CT molecular complexity index is 218. The first-order valence-corrected chi connectivity index (χ1v) is 4.68. The van der Waals surface area contributed by atoms with Crippen molar-refractivity contribution in [3.8, 4) is 0 Å². The first kappa shape index (κ1) is 8.66. The molecule has 1 aromatic carbocycles. The molecule has 0 aliphatic heterocycles. The highest BCUT2D eigenvalue weighted by molar-refractivity contribution is 7.80. The fraction of sp³-hybridized carbons (Fsp3) is 0.400. The number of aryl methyl sites for hydroxylation is 2. The molecule has 0 atom stereocenters. The van der Waals surface area contributed by atoms with Gasteiger partial charge in [0.2, 0.25) is 0 Å². The number of rotatable bonds is 3. The molecule has 1 heteroatoms. The van der Waals surface area contributed by atoms with Crippen LogP contribution in [0.25, 0.3) is 0 Å². The topological polar surface area (TPSA) is 0 Å². The van der Waals surface area contributed by atoms with Crippen molar-refractivity contribution in [3.63, 3.8) is 0 Å². The lowest BCUT2D eigenvalue weighted by molar-refractivity contribution is 1.10. The Kier molecular flexibility index (Phi) is 3.50. The van der Waals surface area contributed by atoms with Gasteiger partial charge in [-0.1, -0.05) is 31.2 Å². The predicted molar refractivity (Wildman–Crippen MR) is 53.4 cm³/mol. The van der Waals surface area contributed by atoms with Crippen LogP contribution in [0.4, 0.5) is 0 Å². The van der Waals surface area contributed by atoms with Gasteiger partial charge in [0.1, 0.15) is 0 Å². The maximum atomic E-state index is 4.20. The Morgan fingerprint density at radius 1 is 1.27 bits per heavy atom. The van der Waals surface area contributed by atoms with Crippen molar-refractivity contribution in [1.82, 2.24) is 0 Å². The summed E-state index contributed by atoms with van der Waals surface area (Å²) >= 11 is 4.20. The summed E-state index contributed by atoms with van der Waals surface area (Å²) in [6.45, 7) is 2.18. The summed E-state index contributed by atoms with van der Waals surface area (Å²) < 4.78 is 0. The van der Waals surface area contributed by atoms with Crippen LogP contribution in [0.2, 0.25) is 0 Å². The van der Waals surface area contributed by atoms with E-state index in [-0.39, 0.29) is 0 Å². The molecule has 0 aliphatic carbocycles. The highest BCUT2D eigenvalue weighted by Crippen LogP contribution is 2.06. The fourth-order valence-corrected chi connectivity index (χ4v) is 1.39. The van der Waals surface area contributed by atoms with Crippen LogP contribution in [-0.4, -0.2) is 5.75 Å². The highest BCUT2D eigenvalue weighted by Gasteiger charge is 1.91. The van der Waals surface area contributed by atoms with Crippen molar-refractivity contribution in [2.24, 2.45) is 0 Å². The molecule has 1 rings (SSSR count). The lowest BCUT2D eigenvalue weighted by Gasteiger charge is -2.00. The summed E-state index contributed by atoms with van der Waals surface area (Å²) in [5.74, 6) is 0.938. The third kappa shape index (κ3) is 2.58. The minimum absolute atomic E-state index is 0.938. The second-order valence-electron chi connectivity index (χ2n) is 2.65. The second kappa shape index (κ2) is 4.45. The summed E-state index contributed by atoms with van der Waals surface area (Å²) in [6.07, 6.45) is 2.21. The Morgan fingerprint density at radius 3 is 2.64 bits per heavy atom. The third-order valence-corrected chi connectivity index (χ3v) is 2.02. The minimum Gasteiger partial charge on any atom is -0.179 e. The molecule has 0 heterocycles. The van der Waals surface area contributed by atoms with E-state index in [1.165, 1.54) is 11.1 Å². The molecule has 0 amide bonds. The van der Waals surface area contributed by atoms with Gasteiger partial charge in [-0.05, 0) is 29.7 Å². The van der Waals surface area contributed by atoms with E-state index in [4.69, 9.17) is 0 Å². The normalized spacial score (nSPS) is 10.0. The molecule has 0 saturated carbocycles. The van der Waals surface area contributed by atoms with Crippen LogP contribution < -0.4 is 0 Å². The van der Waals surface area contributed by atoms with Crippen LogP contribution in [0.3, 0.4) is 0 Å². The van der Waals surface area contributed by atoms with Crippen LogP contribution in [0.5, 0.6) is 0 Å². The average Bonchev–Trinajstić information content (AvgIpc) is 2.06. The molecule has 0 aromatic heterocycles. The smallest absolute Gasteiger partial charge is 0.00574 e. The monoisotopic (exact) mass is 166 g/mol. The van der Waals surface area contributed by atoms with E-state index >= 15 is 0 Å². The molecule has 0 aliphatic rings. The van der Waals surface area contributed by atoms with Crippen LogP contribution in [0.1, 0.15) is 18.1 Å². The van der Waals surface area contributed by atoms with Crippen LogP contribution in [0.15, 0.2) is 24.3 Å². The van der Waals surface area contributed by atoms with Crippen LogP contribution in [-0.2, 0) is 12.8 Å². The van der Waals surface area contributed by atoms with Crippen LogP contribution in [0, 0.1) is 0 Å². The van der Waals surface area contributed by atoms with E-state index in [0.717, 1.165) is 18.6 Å². The maximum absolute atomic E-state index is 4.20. The molecular weight excluding hydrogens is 152 g/mol. The molecule has 0 bridgehead atoms. The molecular formula is C10H14S. The van der Waals surface area contributed by atoms with Gasteiger partial charge in [-0.15, -0.1) is 0 Å². The van der Waals surface area contributed by atoms with Crippen molar-refractivity contribution in [1.29, 1.82) is 0 Å². The van der Waals surface area contributed by atoms with Gasteiger partial charge in [0, 0.05) is 0 Å². The van der Waals surface area contributed by atoms with Gasteiger partial charge >= 0.3 is 0 Å². The van der Waals surface area contributed by atoms with E-state index in [1.54, 1.807) is 0 Å². The summed E-state index contributed by atoms with van der Waals surface area (Å²) in [5, 5.41) is 0. The van der Waals surface area contributed by atoms with E-state index in [2.05, 4.69) is 43.8 Å². The van der Waals surface area contributed by atoms with Crippen molar-refractivity contribution in [3.05, 3.63) is 35.4 Å². The molecule has 11 heavy (non-hydrogen) atoms. The molecule has 0 saturated heterocycles. The third-order valence-electron chi connectivity index (χ3n) is 1.80. The van der Waals surface area contributed by atoms with Gasteiger partial charge in [0.05, 0.1) is 0 Å². The van der Waals surface area contributed by atoms with Gasteiger partial charge in [0.25, 0.3) is 0 Å². The zero-order valence-corrected chi connectivity index (χ0v) is 7.77. The Labute approximate surface area is 74.0 Å². The number of benzene rings is 1. The van der Waals surface area contributed by atoms with Gasteiger partial charge in [-0.25, -0.2) is 0 Å². The largest absolute Gasteiger partial charge is 0.179 e. The van der Waals surface area contributed by atoms with E-state index in [1.807, 2.05) is 0 Å². The standard InChI is InChI=1S/C10H14S/c1-2-9-4-3-5-10(8-9)6-7-11/h3-5,8,11H,2,6-7H2,1H3. The Morgan fingerprint density at radius 2 is 2.00 bits per heavy atom. The van der Waals surface area contributed by atoms with Crippen molar-refractivity contribution < 1.29 is 0 Å². The number of thiol groups is 1. The molecule has 60 valence electrons. The molecule has 0 nitrogen and oxygen atoms in total. The lowest BCUT2D eigenvalue weighted by atomic mass is 10.1. The molecule has 0 unspecified atom stereocenters. The summed E-state index contributed by atoms with van der Waals surface area (Å²) in [6, 6.07) is 8.71. The maximum Gasteiger partial charge on any atom is -0.00574 e. The van der Waals surface area contributed by atoms with E-state index in [0.29, 0.717) is 0 Å².